The number of hydrogen-bond acceptors (Lipinski definition) is 6. The number of aryl methyl sites for hydroxylation is 1. The van der Waals surface area contributed by atoms with Crippen molar-refractivity contribution in [1.29, 1.82) is 0 Å². The smallest absolute Gasteiger partial charge is 0.271 e. The van der Waals surface area contributed by atoms with Crippen LogP contribution >= 0.6 is 0 Å². The van der Waals surface area contributed by atoms with Crippen molar-refractivity contribution in [3.8, 4) is 5.88 Å². The summed E-state index contributed by atoms with van der Waals surface area (Å²) in [5.41, 5.74) is 1.61. The van der Waals surface area contributed by atoms with Gasteiger partial charge in [0.05, 0.1) is 24.9 Å². The van der Waals surface area contributed by atoms with Crippen molar-refractivity contribution in [3.63, 3.8) is 0 Å². The predicted octanol–water partition coefficient (Wildman–Crippen LogP) is 0.0896. The SMILES string of the molecule is CCN1Cc2nc(OC)c(CNC(=O)c3ccc(=O)n(C)n3)cc2C1=O. The van der Waals surface area contributed by atoms with Crippen molar-refractivity contribution in [1.82, 2.24) is 25.0 Å². The third-order valence-corrected chi connectivity index (χ3v) is 4.21. The van der Waals surface area contributed by atoms with Gasteiger partial charge in [0.25, 0.3) is 17.4 Å². The number of rotatable bonds is 5. The minimum absolute atomic E-state index is 0.0787. The minimum atomic E-state index is -0.440. The molecule has 0 atom stereocenters. The van der Waals surface area contributed by atoms with E-state index in [4.69, 9.17) is 4.74 Å². The molecule has 2 aromatic rings. The first kappa shape index (κ1) is 17.6. The summed E-state index contributed by atoms with van der Waals surface area (Å²) in [5, 5.41) is 6.61. The predicted molar refractivity (Wildman–Crippen MR) is 91.9 cm³/mol. The van der Waals surface area contributed by atoms with Crippen LogP contribution in [-0.4, -0.2) is 45.1 Å². The summed E-state index contributed by atoms with van der Waals surface area (Å²) in [7, 11) is 2.96. The van der Waals surface area contributed by atoms with Gasteiger partial charge in [-0.1, -0.05) is 0 Å². The Morgan fingerprint density at radius 3 is 2.77 bits per heavy atom. The number of methoxy groups -OCH3 is 1. The molecule has 1 aliphatic rings. The summed E-state index contributed by atoms with van der Waals surface area (Å²) in [4.78, 5) is 42.0. The van der Waals surface area contributed by atoms with Gasteiger partial charge in [0, 0.05) is 31.8 Å². The zero-order chi connectivity index (χ0) is 18.8. The van der Waals surface area contributed by atoms with E-state index in [2.05, 4.69) is 15.4 Å². The van der Waals surface area contributed by atoms with Gasteiger partial charge in [0.2, 0.25) is 5.88 Å². The molecule has 3 heterocycles. The lowest BCUT2D eigenvalue weighted by atomic mass is 10.1. The van der Waals surface area contributed by atoms with Crippen LogP contribution in [0.1, 0.15) is 39.0 Å². The fourth-order valence-corrected chi connectivity index (χ4v) is 2.75. The molecular weight excluding hydrogens is 338 g/mol. The third-order valence-electron chi connectivity index (χ3n) is 4.21. The highest BCUT2D eigenvalue weighted by Crippen LogP contribution is 2.26. The molecular formula is C17H19N5O4. The van der Waals surface area contributed by atoms with Crippen molar-refractivity contribution in [3.05, 3.63) is 51.1 Å². The molecule has 2 amide bonds. The highest BCUT2D eigenvalue weighted by Gasteiger charge is 2.29. The molecule has 9 heteroatoms. The summed E-state index contributed by atoms with van der Waals surface area (Å²) in [5.74, 6) is -0.155. The maximum absolute atomic E-state index is 12.3. The quantitative estimate of drug-likeness (QED) is 0.813. The number of hydrogen-bond donors (Lipinski definition) is 1. The summed E-state index contributed by atoms with van der Waals surface area (Å²) < 4.78 is 6.38. The summed E-state index contributed by atoms with van der Waals surface area (Å²) in [6.07, 6.45) is 0. The maximum atomic E-state index is 12.3. The van der Waals surface area contributed by atoms with Crippen molar-refractivity contribution < 1.29 is 14.3 Å². The Kier molecular flexibility index (Phi) is 4.70. The number of nitrogens with zero attached hydrogens (tertiary/aromatic N) is 4. The average molecular weight is 357 g/mol. The molecule has 0 spiro atoms. The first-order valence-corrected chi connectivity index (χ1v) is 8.13. The van der Waals surface area contributed by atoms with E-state index in [-0.39, 0.29) is 23.7 Å². The number of ether oxygens (including phenoxy) is 1. The fourth-order valence-electron chi connectivity index (χ4n) is 2.75. The second kappa shape index (κ2) is 6.95. The third kappa shape index (κ3) is 3.15. The number of amides is 2. The van der Waals surface area contributed by atoms with Crippen LogP contribution in [0.4, 0.5) is 0 Å². The highest BCUT2D eigenvalue weighted by atomic mass is 16.5. The van der Waals surface area contributed by atoms with Gasteiger partial charge in [-0.3, -0.25) is 14.4 Å². The molecule has 0 saturated heterocycles. The molecule has 136 valence electrons. The minimum Gasteiger partial charge on any atom is -0.481 e. The van der Waals surface area contributed by atoms with E-state index in [9.17, 15) is 14.4 Å². The highest BCUT2D eigenvalue weighted by molar-refractivity contribution is 5.98. The Morgan fingerprint density at radius 2 is 2.12 bits per heavy atom. The Labute approximate surface area is 149 Å². The van der Waals surface area contributed by atoms with E-state index < -0.39 is 5.91 Å². The maximum Gasteiger partial charge on any atom is 0.271 e. The van der Waals surface area contributed by atoms with Crippen LogP contribution < -0.4 is 15.6 Å². The number of aromatic nitrogens is 3. The van der Waals surface area contributed by atoms with Gasteiger partial charge in [0.1, 0.15) is 5.69 Å². The standard InChI is InChI=1S/C17H19N5O4/c1-4-22-9-13-11(17(22)25)7-10(16(19-13)26-3)8-18-15(24)12-5-6-14(23)21(2)20-12/h5-7H,4,8-9H2,1-3H3,(H,18,24). The van der Waals surface area contributed by atoms with Crippen LogP contribution in [0, 0.1) is 0 Å². The van der Waals surface area contributed by atoms with Crippen molar-refractivity contribution in [2.75, 3.05) is 13.7 Å². The molecule has 0 unspecified atom stereocenters. The van der Waals surface area contributed by atoms with E-state index >= 15 is 0 Å². The Balaban J connectivity index is 1.81. The number of carbonyl (C=O) groups excluding carboxylic acids is 2. The number of pyridine rings is 1. The summed E-state index contributed by atoms with van der Waals surface area (Å²) in [6, 6.07) is 4.34. The molecule has 0 aliphatic carbocycles. The number of nitrogens with one attached hydrogen (secondary N) is 1. The summed E-state index contributed by atoms with van der Waals surface area (Å²) in [6.45, 7) is 3.08. The molecule has 1 aliphatic heterocycles. The monoisotopic (exact) mass is 357 g/mol. The lowest BCUT2D eigenvalue weighted by Crippen LogP contribution is -2.28. The van der Waals surface area contributed by atoms with Gasteiger partial charge in [-0.2, -0.15) is 5.10 Å². The molecule has 1 N–H and O–H groups in total. The van der Waals surface area contributed by atoms with Crippen LogP contribution in [0.2, 0.25) is 0 Å². The van der Waals surface area contributed by atoms with Gasteiger partial charge < -0.3 is 15.0 Å². The van der Waals surface area contributed by atoms with Gasteiger partial charge in [0.15, 0.2) is 0 Å². The van der Waals surface area contributed by atoms with E-state index in [1.807, 2.05) is 6.92 Å². The molecule has 9 nitrogen and oxygen atoms in total. The average Bonchev–Trinajstić information content (AvgIpc) is 2.96. The van der Waals surface area contributed by atoms with Gasteiger partial charge >= 0.3 is 0 Å². The molecule has 0 radical (unpaired) electrons. The zero-order valence-corrected chi connectivity index (χ0v) is 14.8. The fraction of sp³-hybridized carbons (Fsp3) is 0.353. The van der Waals surface area contributed by atoms with E-state index in [1.54, 1.807) is 11.0 Å². The van der Waals surface area contributed by atoms with Gasteiger partial charge in [-0.15, -0.1) is 0 Å². The Morgan fingerprint density at radius 1 is 1.35 bits per heavy atom. The first-order chi connectivity index (χ1) is 12.4. The molecule has 2 aromatic heterocycles. The van der Waals surface area contributed by atoms with Crippen LogP contribution in [0.15, 0.2) is 23.0 Å². The van der Waals surface area contributed by atoms with Crippen LogP contribution in [0.3, 0.4) is 0 Å². The van der Waals surface area contributed by atoms with Crippen molar-refractivity contribution in [2.24, 2.45) is 7.05 Å². The molecule has 0 aromatic carbocycles. The van der Waals surface area contributed by atoms with Crippen molar-refractivity contribution >= 4 is 11.8 Å². The molecule has 26 heavy (non-hydrogen) atoms. The topological polar surface area (TPSA) is 106 Å². The molecule has 0 saturated carbocycles. The van der Waals surface area contributed by atoms with Crippen molar-refractivity contribution in [2.45, 2.75) is 20.0 Å². The molecule has 3 rings (SSSR count). The lowest BCUT2D eigenvalue weighted by Gasteiger charge is -2.10. The zero-order valence-electron chi connectivity index (χ0n) is 14.8. The van der Waals surface area contributed by atoms with Crippen LogP contribution in [0.5, 0.6) is 5.88 Å². The van der Waals surface area contributed by atoms with Gasteiger partial charge in [-0.05, 0) is 19.1 Å². The number of carbonyl (C=O) groups is 2. The van der Waals surface area contributed by atoms with E-state index in [0.717, 1.165) is 4.68 Å². The van der Waals surface area contributed by atoms with E-state index in [0.29, 0.717) is 35.8 Å². The lowest BCUT2D eigenvalue weighted by molar-refractivity contribution is 0.0786. The number of fused-ring (bicyclic) bond motifs is 1. The first-order valence-electron chi connectivity index (χ1n) is 8.13. The van der Waals surface area contributed by atoms with Gasteiger partial charge in [-0.25, -0.2) is 9.67 Å². The van der Waals surface area contributed by atoms with E-state index in [1.165, 1.54) is 26.3 Å². The second-order valence-electron chi connectivity index (χ2n) is 5.83. The molecule has 0 bridgehead atoms. The van der Waals surface area contributed by atoms with Crippen LogP contribution in [0.25, 0.3) is 0 Å². The molecule has 0 fully saturated rings. The largest absolute Gasteiger partial charge is 0.481 e. The second-order valence-corrected chi connectivity index (χ2v) is 5.83. The Bertz CT molecular complexity index is 937. The normalized spacial score (nSPS) is 12.9. The van der Waals surface area contributed by atoms with Crippen LogP contribution in [-0.2, 0) is 20.1 Å². The summed E-state index contributed by atoms with van der Waals surface area (Å²) >= 11 is 0. The Hall–Kier alpha value is -3.23.